The summed E-state index contributed by atoms with van der Waals surface area (Å²) < 4.78 is 0. The fourth-order valence-corrected chi connectivity index (χ4v) is 2.83. The van der Waals surface area contributed by atoms with Crippen molar-refractivity contribution in [3.63, 3.8) is 0 Å². The lowest BCUT2D eigenvalue weighted by Crippen LogP contribution is -2.53. The number of carbonyl (C=O) groups excluding carboxylic acids is 1. The highest BCUT2D eigenvalue weighted by molar-refractivity contribution is 5.73. The summed E-state index contributed by atoms with van der Waals surface area (Å²) in [7, 11) is 0. The smallest absolute Gasteiger partial charge is 0.219 e. The first-order valence-electron chi connectivity index (χ1n) is 7.12. The normalized spacial score (nSPS) is 19.5. The molecule has 1 aromatic rings. The van der Waals surface area contributed by atoms with Crippen molar-refractivity contribution in [2.75, 3.05) is 19.6 Å². The Bertz CT molecular complexity index is 456. The summed E-state index contributed by atoms with van der Waals surface area (Å²) >= 11 is 0. The maximum atomic E-state index is 11.6. The Hall–Kier alpha value is -1.35. The fourth-order valence-electron chi connectivity index (χ4n) is 2.83. The molecule has 0 spiro atoms. The third-order valence-corrected chi connectivity index (χ3v) is 4.01. The van der Waals surface area contributed by atoms with Crippen LogP contribution in [0.4, 0.5) is 0 Å². The first kappa shape index (κ1) is 14.1. The number of piperazine rings is 1. The monoisotopic (exact) mass is 260 g/mol. The third-order valence-electron chi connectivity index (χ3n) is 4.01. The minimum atomic E-state index is 0.201. The number of hydrogen-bond donors (Lipinski definition) is 1. The van der Waals surface area contributed by atoms with Crippen molar-refractivity contribution >= 4 is 5.91 Å². The van der Waals surface area contributed by atoms with Gasteiger partial charge in [-0.1, -0.05) is 23.8 Å². The van der Waals surface area contributed by atoms with Crippen LogP contribution in [0.2, 0.25) is 0 Å². The Kier molecular flexibility index (Phi) is 4.59. The number of aryl methyl sites for hydroxylation is 3. The van der Waals surface area contributed by atoms with Crippen molar-refractivity contribution in [2.24, 2.45) is 0 Å². The zero-order valence-corrected chi connectivity index (χ0v) is 12.2. The molecule has 2 rings (SSSR count). The Morgan fingerprint density at radius 2 is 2.21 bits per heavy atom. The average Bonchev–Trinajstić information content (AvgIpc) is 2.40. The van der Waals surface area contributed by atoms with Crippen molar-refractivity contribution < 1.29 is 4.79 Å². The molecule has 1 N–H and O–H groups in total. The van der Waals surface area contributed by atoms with E-state index >= 15 is 0 Å². The molecule has 0 bridgehead atoms. The predicted octanol–water partition coefficient (Wildman–Crippen LogP) is 2.06. The summed E-state index contributed by atoms with van der Waals surface area (Å²) in [5, 5.41) is 3.39. The van der Waals surface area contributed by atoms with Crippen molar-refractivity contribution in [3.8, 4) is 0 Å². The van der Waals surface area contributed by atoms with Crippen molar-refractivity contribution in [1.82, 2.24) is 10.2 Å². The first-order valence-corrected chi connectivity index (χ1v) is 7.12. The standard InChI is InChI=1S/C16H24N2O/c1-12-4-5-13(2)15(10-12)6-7-16-11-17-8-9-18(16)14(3)19/h4-5,10,16-17H,6-9,11H2,1-3H3. The van der Waals surface area contributed by atoms with Crippen LogP contribution in [0.25, 0.3) is 0 Å². The lowest BCUT2D eigenvalue weighted by molar-refractivity contribution is -0.132. The van der Waals surface area contributed by atoms with Gasteiger partial charge in [0.1, 0.15) is 0 Å². The van der Waals surface area contributed by atoms with Gasteiger partial charge in [-0.2, -0.15) is 0 Å². The van der Waals surface area contributed by atoms with Crippen LogP contribution in [0.5, 0.6) is 0 Å². The quantitative estimate of drug-likeness (QED) is 0.902. The summed E-state index contributed by atoms with van der Waals surface area (Å²) in [6.07, 6.45) is 2.08. The largest absolute Gasteiger partial charge is 0.337 e. The number of nitrogens with one attached hydrogen (secondary N) is 1. The summed E-state index contributed by atoms with van der Waals surface area (Å²) in [6.45, 7) is 8.65. The summed E-state index contributed by atoms with van der Waals surface area (Å²) in [5.74, 6) is 0.201. The van der Waals surface area contributed by atoms with Crippen LogP contribution < -0.4 is 5.32 Å². The summed E-state index contributed by atoms with van der Waals surface area (Å²) in [5.41, 5.74) is 4.07. The molecule has 1 unspecified atom stereocenters. The molecular formula is C16H24N2O. The molecule has 1 heterocycles. The van der Waals surface area contributed by atoms with Crippen LogP contribution in [0.15, 0.2) is 18.2 Å². The van der Waals surface area contributed by atoms with Gasteiger partial charge in [0.25, 0.3) is 0 Å². The second-order valence-electron chi connectivity index (χ2n) is 5.54. The van der Waals surface area contributed by atoms with E-state index in [9.17, 15) is 4.79 Å². The maximum Gasteiger partial charge on any atom is 0.219 e. The second-order valence-corrected chi connectivity index (χ2v) is 5.54. The van der Waals surface area contributed by atoms with E-state index in [1.807, 2.05) is 4.90 Å². The molecule has 1 aromatic carbocycles. The van der Waals surface area contributed by atoms with E-state index in [0.29, 0.717) is 6.04 Å². The van der Waals surface area contributed by atoms with Gasteiger partial charge in [-0.05, 0) is 37.8 Å². The Balaban J connectivity index is 2.00. The molecule has 3 nitrogen and oxygen atoms in total. The third kappa shape index (κ3) is 3.57. The molecule has 1 aliphatic heterocycles. The van der Waals surface area contributed by atoms with Crippen molar-refractivity contribution in [3.05, 3.63) is 34.9 Å². The maximum absolute atomic E-state index is 11.6. The lowest BCUT2D eigenvalue weighted by atomic mass is 9.97. The second kappa shape index (κ2) is 6.20. The topological polar surface area (TPSA) is 32.3 Å². The predicted molar refractivity (Wildman–Crippen MR) is 78.3 cm³/mol. The Morgan fingerprint density at radius 1 is 1.42 bits per heavy atom. The van der Waals surface area contributed by atoms with Gasteiger partial charge in [-0.15, -0.1) is 0 Å². The van der Waals surface area contributed by atoms with Crippen molar-refractivity contribution in [2.45, 2.75) is 39.7 Å². The highest BCUT2D eigenvalue weighted by Crippen LogP contribution is 2.16. The van der Waals surface area contributed by atoms with Crippen LogP contribution in [0.3, 0.4) is 0 Å². The van der Waals surface area contributed by atoms with Crippen molar-refractivity contribution in [1.29, 1.82) is 0 Å². The van der Waals surface area contributed by atoms with Gasteiger partial charge >= 0.3 is 0 Å². The molecule has 0 radical (unpaired) electrons. The zero-order chi connectivity index (χ0) is 13.8. The van der Waals surface area contributed by atoms with E-state index < -0.39 is 0 Å². The molecule has 104 valence electrons. The van der Waals surface area contributed by atoms with E-state index in [4.69, 9.17) is 0 Å². The van der Waals surface area contributed by atoms with Crippen LogP contribution in [-0.4, -0.2) is 36.5 Å². The van der Waals surface area contributed by atoms with E-state index in [-0.39, 0.29) is 5.91 Å². The first-order chi connectivity index (χ1) is 9.08. The van der Waals surface area contributed by atoms with E-state index in [1.165, 1.54) is 16.7 Å². The fraction of sp³-hybridized carbons (Fsp3) is 0.562. The molecule has 1 saturated heterocycles. The van der Waals surface area contributed by atoms with Gasteiger partial charge in [-0.25, -0.2) is 0 Å². The van der Waals surface area contributed by atoms with E-state index in [0.717, 1.165) is 32.5 Å². The molecule has 1 atom stereocenters. The lowest BCUT2D eigenvalue weighted by Gasteiger charge is -2.35. The molecule has 1 fully saturated rings. The average molecular weight is 260 g/mol. The van der Waals surface area contributed by atoms with Crippen LogP contribution in [0, 0.1) is 13.8 Å². The Morgan fingerprint density at radius 3 is 2.95 bits per heavy atom. The van der Waals surface area contributed by atoms with E-state index in [2.05, 4.69) is 37.4 Å². The number of hydrogen-bond acceptors (Lipinski definition) is 2. The molecule has 0 saturated carbocycles. The van der Waals surface area contributed by atoms with Gasteiger partial charge in [0, 0.05) is 32.6 Å². The number of nitrogens with zero attached hydrogens (tertiary/aromatic N) is 1. The van der Waals surface area contributed by atoms with E-state index in [1.54, 1.807) is 6.92 Å². The van der Waals surface area contributed by atoms with Crippen LogP contribution >= 0.6 is 0 Å². The zero-order valence-electron chi connectivity index (χ0n) is 12.2. The minimum Gasteiger partial charge on any atom is -0.337 e. The van der Waals surface area contributed by atoms with Gasteiger partial charge < -0.3 is 10.2 Å². The summed E-state index contributed by atoms with van der Waals surface area (Å²) in [4.78, 5) is 13.7. The van der Waals surface area contributed by atoms with Crippen LogP contribution in [0.1, 0.15) is 30.0 Å². The minimum absolute atomic E-state index is 0.201. The number of carbonyl (C=O) groups is 1. The molecule has 1 aliphatic rings. The number of amides is 1. The SMILES string of the molecule is CC(=O)N1CCNCC1CCc1cc(C)ccc1C. The Labute approximate surface area is 116 Å². The van der Waals surface area contributed by atoms with Gasteiger partial charge in [0.15, 0.2) is 0 Å². The van der Waals surface area contributed by atoms with Gasteiger partial charge in [0.05, 0.1) is 0 Å². The van der Waals surface area contributed by atoms with Gasteiger partial charge in [0.2, 0.25) is 5.91 Å². The number of rotatable bonds is 3. The molecule has 3 heteroatoms. The molecular weight excluding hydrogens is 236 g/mol. The molecule has 0 aliphatic carbocycles. The highest BCUT2D eigenvalue weighted by Gasteiger charge is 2.23. The molecule has 19 heavy (non-hydrogen) atoms. The number of benzene rings is 1. The highest BCUT2D eigenvalue weighted by atomic mass is 16.2. The summed E-state index contributed by atoms with van der Waals surface area (Å²) in [6, 6.07) is 6.95. The van der Waals surface area contributed by atoms with Gasteiger partial charge in [-0.3, -0.25) is 4.79 Å². The molecule has 0 aromatic heterocycles. The van der Waals surface area contributed by atoms with Crippen LogP contribution in [-0.2, 0) is 11.2 Å². The molecule has 1 amide bonds.